The molecule has 0 aliphatic heterocycles. The first-order valence-corrected chi connectivity index (χ1v) is 11.8. The number of benzene rings is 2. The van der Waals surface area contributed by atoms with Crippen LogP contribution in [-0.4, -0.2) is 15.5 Å². The first-order chi connectivity index (χ1) is 15.7. The van der Waals surface area contributed by atoms with Crippen LogP contribution in [0, 0.1) is 6.92 Å². The van der Waals surface area contributed by atoms with E-state index in [2.05, 4.69) is 44.3 Å². The van der Waals surface area contributed by atoms with E-state index in [1.54, 1.807) is 0 Å². The first-order valence-electron chi connectivity index (χ1n) is 11.4. The summed E-state index contributed by atoms with van der Waals surface area (Å²) in [6.07, 6.45) is 1.92. The number of hydrogen-bond acceptors (Lipinski definition) is 2. The number of amides is 1. The summed E-state index contributed by atoms with van der Waals surface area (Å²) >= 11 is 6.27. The molecule has 1 amide bonds. The molecule has 0 saturated heterocycles. The van der Waals surface area contributed by atoms with Crippen LogP contribution in [-0.2, 0) is 11.8 Å². The van der Waals surface area contributed by atoms with E-state index in [4.69, 9.17) is 16.7 Å². The average Bonchev–Trinajstić information content (AvgIpc) is 3.32. The zero-order chi connectivity index (χ0) is 23.3. The fraction of sp³-hybridized carbons (Fsp3) is 0.286. The van der Waals surface area contributed by atoms with Crippen LogP contribution in [0.4, 0.5) is 0 Å². The number of fused-ring (bicyclic) bond motifs is 2. The van der Waals surface area contributed by atoms with Crippen LogP contribution in [0.5, 0.6) is 0 Å². The van der Waals surface area contributed by atoms with Gasteiger partial charge in [0, 0.05) is 16.0 Å². The second-order valence-electron chi connectivity index (χ2n) is 9.88. The number of rotatable bonds is 3. The summed E-state index contributed by atoms with van der Waals surface area (Å²) < 4.78 is 1.95. The summed E-state index contributed by atoms with van der Waals surface area (Å²) in [5, 5.41) is 8.87. The van der Waals surface area contributed by atoms with Crippen molar-refractivity contribution in [2.24, 2.45) is 0 Å². The van der Waals surface area contributed by atoms with E-state index in [1.807, 2.05) is 53.9 Å². The van der Waals surface area contributed by atoms with E-state index in [0.717, 1.165) is 40.9 Å². The number of pyridine rings is 1. The minimum atomic E-state index is -0.288. The molecule has 1 aliphatic rings. The highest BCUT2D eigenvalue weighted by molar-refractivity contribution is 6.30. The molecular weight excluding hydrogens is 430 g/mol. The molecule has 2 aromatic heterocycles. The highest BCUT2D eigenvalue weighted by Crippen LogP contribution is 2.36. The average molecular weight is 458 g/mol. The van der Waals surface area contributed by atoms with E-state index < -0.39 is 0 Å². The minimum Gasteiger partial charge on any atom is -0.345 e. The van der Waals surface area contributed by atoms with Gasteiger partial charge in [-0.15, -0.1) is 0 Å². The highest BCUT2D eigenvalue weighted by Gasteiger charge is 2.30. The fourth-order valence-electron chi connectivity index (χ4n) is 5.07. The van der Waals surface area contributed by atoms with Crippen LogP contribution in [0.3, 0.4) is 0 Å². The minimum absolute atomic E-state index is 0.0404. The Kier molecular flexibility index (Phi) is 5.29. The maximum Gasteiger partial charge on any atom is 0.253 e. The van der Waals surface area contributed by atoms with Gasteiger partial charge in [-0.05, 0) is 60.7 Å². The maximum atomic E-state index is 13.6. The SMILES string of the molecule is Cc1nn2c(C(C)(C)C)c(C(=O)N[C@H]3CCc4ccccc43)ccc2c1-c1cccc(Cl)c1. The number of carbonyl (C=O) groups excluding carboxylic acids is 1. The van der Waals surface area contributed by atoms with E-state index in [0.29, 0.717) is 10.6 Å². The van der Waals surface area contributed by atoms with Crippen molar-refractivity contribution in [2.75, 3.05) is 0 Å². The van der Waals surface area contributed by atoms with Gasteiger partial charge in [-0.25, -0.2) is 4.52 Å². The second-order valence-corrected chi connectivity index (χ2v) is 10.3. The Labute approximate surface area is 199 Å². The zero-order valence-corrected chi connectivity index (χ0v) is 20.2. The lowest BCUT2D eigenvalue weighted by atomic mass is 9.87. The molecule has 4 nitrogen and oxygen atoms in total. The van der Waals surface area contributed by atoms with Gasteiger partial charge in [0.15, 0.2) is 0 Å². The topological polar surface area (TPSA) is 46.4 Å². The van der Waals surface area contributed by atoms with Gasteiger partial charge >= 0.3 is 0 Å². The number of carbonyl (C=O) groups is 1. The lowest BCUT2D eigenvalue weighted by molar-refractivity contribution is 0.0933. The molecule has 2 aromatic carbocycles. The first kappa shape index (κ1) is 21.7. The number of aryl methyl sites for hydroxylation is 2. The van der Waals surface area contributed by atoms with Gasteiger partial charge in [-0.3, -0.25) is 4.79 Å². The van der Waals surface area contributed by atoms with Crippen molar-refractivity contribution >= 4 is 23.0 Å². The van der Waals surface area contributed by atoms with Crippen molar-refractivity contribution in [3.05, 3.63) is 93.8 Å². The number of nitrogens with zero attached hydrogens (tertiary/aromatic N) is 2. The summed E-state index contributed by atoms with van der Waals surface area (Å²) in [6.45, 7) is 8.38. The molecule has 33 heavy (non-hydrogen) atoms. The zero-order valence-electron chi connectivity index (χ0n) is 19.4. The third kappa shape index (κ3) is 3.83. The maximum absolute atomic E-state index is 13.6. The third-order valence-electron chi connectivity index (χ3n) is 6.48. The summed E-state index contributed by atoms with van der Waals surface area (Å²) in [5.41, 5.74) is 7.77. The Balaban J connectivity index is 1.61. The summed E-state index contributed by atoms with van der Waals surface area (Å²) in [4.78, 5) is 13.6. The predicted octanol–water partition coefficient (Wildman–Crippen LogP) is 6.68. The summed E-state index contributed by atoms with van der Waals surface area (Å²) in [5.74, 6) is -0.0546. The summed E-state index contributed by atoms with van der Waals surface area (Å²) in [7, 11) is 0. The van der Waals surface area contributed by atoms with Crippen molar-refractivity contribution < 1.29 is 4.79 Å². The monoisotopic (exact) mass is 457 g/mol. The van der Waals surface area contributed by atoms with Gasteiger partial charge in [-0.1, -0.05) is 68.8 Å². The van der Waals surface area contributed by atoms with E-state index in [1.165, 1.54) is 11.1 Å². The Morgan fingerprint density at radius 3 is 2.64 bits per heavy atom. The van der Waals surface area contributed by atoms with Gasteiger partial charge in [0.05, 0.1) is 28.5 Å². The lowest BCUT2D eigenvalue weighted by Gasteiger charge is -2.24. The molecule has 0 bridgehead atoms. The molecule has 0 unspecified atom stereocenters. The largest absolute Gasteiger partial charge is 0.345 e. The van der Waals surface area contributed by atoms with Crippen LogP contribution in [0.2, 0.25) is 5.02 Å². The van der Waals surface area contributed by atoms with Crippen molar-refractivity contribution in [1.29, 1.82) is 0 Å². The molecule has 1 N–H and O–H groups in total. The van der Waals surface area contributed by atoms with Gasteiger partial charge in [-0.2, -0.15) is 5.10 Å². The van der Waals surface area contributed by atoms with Gasteiger partial charge < -0.3 is 5.32 Å². The normalized spacial score (nSPS) is 15.6. The van der Waals surface area contributed by atoms with Crippen LogP contribution in [0.15, 0.2) is 60.7 Å². The molecule has 5 heteroatoms. The number of halogens is 1. The summed E-state index contributed by atoms with van der Waals surface area (Å²) in [6, 6.07) is 20.2. The van der Waals surface area contributed by atoms with E-state index in [-0.39, 0.29) is 17.4 Å². The molecule has 2 heterocycles. The van der Waals surface area contributed by atoms with Crippen molar-refractivity contribution in [1.82, 2.24) is 14.9 Å². The Morgan fingerprint density at radius 1 is 1.09 bits per heavy atom. The quantitative estimate of drug-likeness (QED) is 0.373. The van der Waals surface area contributed by atoms with Crippen LogP contribution < -0.4 is 5.32 Å². The van der Waals surface area contributed by atoms with Crippen molar-refractivity contribution in [3.8, 4) is 11.1 Å². The van der Waals surface area contributed by atoms with Crippen LogP contribution in [0.25, 0.3) is 16.6 Å². The van der Waals surface area contributed by atoms with E-state index in [9.17, 15) is 4.79 Å². The lowest BCUT2D eigenvalue weighted by Crippen LogP contribution is -2.31. The van der Waals surface area contributed by atoms with Crippen LogP contribution >= 0.6 is 11.6 Å². The number of nitrogens with one attached hydrogen (secondary N) is 1. The molecule has 0 saturated carbocycles. The molecule has 1 atom stereocenters. The fourth-order valence-corrected chi connectivity index (χ4v) is 5.26. The number of aromatic nitrogens is 2. The van der Waals surface area contributed by atoms with Crippen molar-refractivity contribution in [2.45, 2.75) is 52.0 Å². The van der Waals surface area contributed by atoms with Gasteiger partial charge in [0.1, 0.15) is 0 Å². The Hall–Kier alpha value is -3.11. The van der Waals surface area contributed by atoms with Gasteiger partial charge in [0.25, 0.3) is 5.91 Å². The Bertz CT molecular complexity index is 1380. The predicted molar refractivity (Wildman–Crippen MR) is 134 cm³/mol. The third-order valence-corrected chi connectivity index (χ3v) is 6.71. The van der Waals surface area contributed by atoms with Gasteiger partial charge in [0.2, 0.25) is 0 Å². The molecule has 5 rings (SSSR count). The molecular formula is C28H28ClN3O. The van der Waals surface area contributed by atoms with E-state index >= 15 is 0 Å². The van der Waals surface area contributed by atoms with Crippen LogP contribution in [0.1, 0.15) is 66.1 Å². The molecule has 0 spiro atoms. The molecule has 168 valence electrons. The second kappa shape index (κ2) is 8.03. The Morgan fingerprint density at radius 2 is 1.88 bits per heavy atom. The molecule has 1 aliphatic carbocycles. The smallest absolute Gasteiger partial charge is 0.253 e. The molecule has 0 radical (unpaired) electrons. The standard InChI is InChI=1S/C28H28ClN3O/c1-17-25(19-9-7-10-20(29)16-19)24-15-13-22(26(28(2,3)4)32(24)31-17)27(33)30-23-14-12-18-8-5-6-11-21(18)23/h5-11,13,15-16,23H,12,14H2,1-4H3,(H,30,33)/t23-/m0/s1. The van der Waals surface area contributed by atoms with Crippen molar-refractivity contribution in [3.63, 3.8) is 0 Å². The molecule has 0 fully saturated rings. The molecule has 4 aromatic rings. The highest BCUT2D eigenvalue weighted by atomic mass is 35.5. The number of hydrogen-bond donors (Lipinski definition) is 1.